The normalized spacial score (nSPS) is 13.3. The van der Waals surface area contributed by atoms with E-state index in [0.29, 0.717) is 0 Å². The van der Waals surface area contributed by atoms with Crippen LogP contribution in [0.15, 0.2) is 36.4 Å². The van der Waals surface area contributed by atoms with Crippen LogP contribution in [0, 0.1) is 5.41 Å². The van der Waals surface area contributed by atoms with Gasteiger partial charge in [-0.1, -0.05) is 71.9 Å². The van der Waals surface area contributed by atoms with E-state index in [0.717, 1.165) is 41.7 Å². The highest BCUT2D eigenvalue weighted by atomic mass is 16.5. The summed E-state index contributed by atoms with van der Waals surface area (Å²) in [5, 5.41) is 29.2. The van der Waals surface area contributed by atoms with Crippen LogP contribution in [-0.4, -0.2) is 28.0 Å². The molecule has 0 spiro atoms. The van der Waals surface area contributed by atoms with Gasteiger partial charge in [-0.25, -0.2) is 0 Å². The van der Waals surface area contributed by atoms with Gasteiger partial charge in [-0.05, 0) is 64.0 Å². The largest absolute Gasteiger partial charge is 0.491 e. The summed E-state index contributed by atoms with van der Waals surface area (Å²) >= 11 is 0. The van der Waals surface area contributed by atoms with Gasteiger partial charge in [-0.2, -0.15) is 0 Å². The summed E-state index contributed by atoms with van der Waals surface area (Å²) < 4.78 is 5.97. The fourth-order valence-electron chi connectivity index (χ4n) is 3.57. The van der Waals surface area contributed by atoms with Crippen molar-refractivity contribution in [3.05, 3.63) is 64.2 Å². The summed E-state index contributed by atoms with van der Waals surface area (Å²) in [4.78, 5) is 0. The van der Waals surface area contributed by atoms with Crippen molar-refractivity contribution in [2.75, 3.05) is 6.61 Å². The van der Waals surface area contributed by atoms with E-state index in [9.17, 15) is 15.3 Å². The van der Waals surface area contributed by atoms with E-state index in [1.807, 2.05) is 45.0 Å². The Morgan fingerprint density at radius 3 is 2.13 bits per heavy atom. The quantitative estimate of drug-likeness (QED) is 0.502. The molecule has 0 saturated heterocycles. The lowest BCUT2D eigenvalue weighted by molar-refractivity contribution is 0.0215. The predicted octanol–water partition coefficient (Wildman–Crippen LogP) is 4.93. The molecule has 1 atom stereocenters. The fraction of sp³-hybridized carbons (Fsp3) is 0.556. The van der Waals surface area contributed by atoms with Crippen LogP contribution >= 0.6 is 0 Å². The van der Waals surface area contributed by atoms with Crippen LogP contribution in [0.5, 0.6) is 5.75 Å². The lowest BCUT2D eigenvalue weighted by atomic mass is 9.78. The van der Waals surface area contributed by atoms with Crippen molar-refractivity contribution in [3.8, 4) is 5.75 Å². The summed E-state index contributed by atoms with van der Waals surface area (Å²) in [7, 11) is 0. The van der Waals surface area contributed by atoms with Gasteiger partial charge in [0, 0.05) is 0 Å². The van der Waals surface area contributed by atoms with E-state index in [-0.39, 0.29) is 30.7 Å². The fourth-order valence-corrected chi connectivity index (χ4v) is 3.57. The van der Waals surface area contributed by atoms with Crippen LogP contribution in [-0.2, 0) is 31.5 Å². The summed E-state index contributed by atoms with van der Waals surface area (Å²) in [6.45, 7) is 12.8. The Bertz CT molecular complexity index is 849. The zero-order valence-electron chi connectivity index (χ0n) is 20.0. The summed E-state index contributed by atoms with van der Waals surface area (Å²) in [5.41, 5.74) is 4.93. The van der Waals surface area contributed by atoms with Crippen LogP contribution in [0.1, 0.15) is 75.8 Å². The molecule has 0 aliphatic heterocycles. The number of rotatable bonds is 10. The zero-order chi connectivity index (χ0) is 23.2. The molecule has 172 valence electrons. The number of hydrogen-bond donors (Lipinski definition) is 3. The standard InChI is InChI=1S/C27H40O4/c1-7-20-15-23(10-11-24(20)31-18-25(30)26(2,3)4)27(5,6)13-12-19-8-9-21(16-28)22(14-19)17-29/h8-11,14-15,25,28-30H,7,12-13,16-18H2,1-6H3. The van der Waals surface area contributed by atoms with E-state index < -0.39 is 6.10 Å². The highest BCUT2D eigenvalue weighted by molar-refractivity contribution is 5.40. The van der Waals surface area contributed by atoms with Crippen LogP contribution in [0.4, 0.5) is 0 Å². The van der Waals surface area contributed by atoms with Crippen molar-refractivity contribution in [1.29, 1.82) is 0 Å². The van der Waals surface area contributed by atoms with Gasteiger partial charge in [0.25, 0.3) is 0 Å². The number of aryl methyl sites for hydroxylation is 2. The Balaban J connectivity index is 2.12. The SMILES string of the molecule is CCc1cc(C(C)(C)CCc2ccc(CO)c(CO)c2)ccc1OCC(O)C(C)(C)C. The highest BCUT2D eigenvalue weighted by Gasteiger charge is 2.24. The number of hydrogen-bond acceptors (Lipinski definition) is 4. The first-order chi connectivity index (χ1) is 14.5. The molecule has 2 aromatic rings. The molecule has 0 saturated carbocycles. The molecule has 2 rings (SSSR count). The minimum absolute atomic E-state index is 0.0254. The van der Waals surface area contributed by atoms with Crippen molar-refractivity contribution in [2.24, 2.45) is 5.41 Å². The average molecular weight is 429 g/mol. The molecule has 4 heteroatoms. The second-order valence-corrected chi connectivity index (χ2v) is 10.2. The second kappa shape index (κ2) is 10.6. The molecule has 1 unspecified atom stereocenters. The Kier molecular flexibility index (Phi) is 8.70. The lowest BCUT2D eigenvalue weighted by Crippen LogP contribution is -2.32. The van der Waals surface area contributed by atoms with Crippen molar-refractivity contribution < 1.29 is 20.1 Å². The molecule has 0 radical (unpaired) electrons. The topological polar surface area (TPSA) is 69.9 Å². The Labute approximate surface area is 187 Å². The first-order valence-electron chi connectivity index (χ1n) is 11.3. The smallest absolute Gasteiger partial charge is 0.122 e. The summed E-state index contributed by atoms with van der Waals surface area (Å²) in [6, 6.07) is 12.3. The van der Waals surface area contributed by atoms with Crippen molar-refractivity contribution in [3.63, 3.8) is 0 Å². The van der Waals surface area contributed by atoms with Gasteiger partial charge in [0.2, 0.25) is 0 Å². The molecule has 0 aliphatic rings. The molecule has 0 bridgehead atoms. The first-order valence-corrected chi connectivity index (χ1v) is 11.3. The summed E-state index contributed by atoms with van der Waals surface area (Å²) in [5.74, 6) is 0.845. The van der Waals surface area contributed by atoms with Crippen molar-refractivity contribution in [2.45, 2.75) is 85.5 Å². The highest BCUT2D eigenvalue weighted by Crippen LogP contribution is 2.33. The third-order valence-corrected chi connectivity index (χ3v) is 6.27. The first kappa shape index (κ1) is 25.4. The molecule has 3 N–H and O–H groups in total. The van der Waals surface area contributed by atoms with Gasteiger partial charge in [0.15, 0.2) is 0 Å². The zero-order valence-corrected chi connectivity index (χ0v) is 20.0. The van der Waals surface area contributed by atoms with Crippen LogP contribution in [0.25, 0.3) is 0 Å². The summed E-state index contributed by atoms with van der Waals surface area (Å²) in [6.07, 6.45) is 2.20. The van der Waals surface area contributed by atoms with Gasteiger partial charge in [-0.15, -0.1) is 0 Å². The molecule has 4 nitrogen and oxygen atoms in total. The van der Waals surface area contributed by atoms with Crippen LogP contribution in [0.3, 0.4) is 0 Å². The van der Waals surface area contributed by atoms with Crippen LogP contribution in [0.2, 0.25) is 0 Å². The minimum atomic E-state index is -0.519. The van der Waals surface area contributed by atoms with Gasteiger partial charge >= 0.3 is 0 Å². The third kappa shape index (κ3) is 6.80. The second-order valence-electron chi connectivity index (χ2n) is 10.2. The van der Waals surface area contributed by atoms with E-state index in [1.54, 1.807) is 0 Å². The molecule has 0 aliphatic carbocycles. The van der Waals surface area contributed by atoms with Gasteiger partial charge in [0.05, 0.1) is 19.3 Å². The van der Waals surface area contributed by atoms with Crippen LogP contribution < -0.4 is 4.74 Å². The maximum Gasteiger partial charge on any atom is 0.122 e. The van der Waals surface area contributed by atoms with Gasteiger partial charge < -0.3 is 20.1 Å². The molecule has 0 amide bonds. The predicted molar refractivity (Wildman–Crippen MR) is 126 cm³/mol. The lowest BCUT2D eigenvalue weighted by Gasteiger charge is -2.28. The van der Waals surface area contributed by atoms with E-state index >= 15 is 0 Å². The van der Waals surface area contributed by atoms with E-state index in [4.69, 9.17) is 4.74 Å². The Hall–Kier alpha value is -1.88. The van der Waals surface area contributed by atoms with E-state index in [2.05, 4.69) is 32.9 Å². The van der Waals surface area contributed by atoms with Gasteiger partial charge in [-0.3, -0.25) is 0 Å². The Morgan fingerprint density at radius 1 is 0.871 bits per heavy atom. The number of aliphatic hydroxyl groups excluding tert-OH is 3. The molecule has 0 heterocycles. The molecule has 0 aromatic heterocycles. The molecule has 0 fully saturated rings. The maximum absolute atomic E-state index is 10.3. The molecule has 2 aromatic carbocycles. The number of aliphatic hydroxyl groups is 3. The molecular weight excluding hydrogens is 388 g/mol. The van der Waals surface area contributed by atoms with Gasteiger partial charge in [0.1, 0.15) is 12.4 Å². The van der Waals surface area contributed by atoms with E-state index in [1.165, 1.54) is 11.1 Å². The molecule has 31 heavy (non-hydrogen) atoms. The minimum Gasteiger partial charge on any atom is -0.491 e. The molecular formula is C27H40O4. The maximum atomic E-state index is 10.3. The monoisotopic (exact) mass is 428 g/mol. The third-order valence-electron chi connectivity index (χ3n) is 6.27. The number of benzene rings is 2. The van der Waals surface area contributed by atoms with Crippen molar-refractivity contribution in [1.82, 2.24) is 0 Å². The Morgan fingerprint density at radius 2 is 1.55 bits per heavy atom. The number of ether oxygens (including phenoxy) is 1. The van der Waals surface area contributed by atoms with Crippen molar-refractivity contribution >= 4 is 0 Å². The average Bonchev–Trinajstić information content (AvgIpc) is 2.74.